The van der Waals surface area contributed by atoms with Gasteiger partial charge >= 0.3 is 0 Å². The first-order chi connectivity index (χ1) is 15.5. The van der Waals surface area contributed by atoms with Crippen molar-refractivity contribution in [3.63, 3.8) is 0 Å². The summed E-state index contributed by atoms with van der Waals surface area (Å²) in [5.41, 5.74) is 3.86. The van der Waals surface area contributed by atoms with Gasteiger partial charge in [0.25, 0.3) is 0 Å². The summed E-state index contributed by atoms with van der Waals surface area (Å²) in [6.07, 6.45) is 2.25. The number of hydrogen-bond donors (Lipinski definition) is 0. The number of rotatable bonds is 7. The van der Waals surface area contributed by atoms with E-state index in [9.17, 15) is 4.79 Å². The lowest BCUT2D eigenvalue weighted by Crippen LogP contribution is -2.34. The summed E-state index contributed by atoms with van der Waals surface area (Å²) in [6, 6.07) is 15.7. The molecule has 1 aliphatic rings. The van der Waals surface area contributed by atoms with E-state index >= 15 is 0 Å². The molecule has 1 fully saturated rings. The monoisotopic (exact) mass is 464 g/mol. The van der Waals surface area contributed by atoms with E-state index in [2.05, 4.69) is 46.4 Å². The van der Waals surface area contributed by atoms with Crippen molar-refractivity contribution < 1.29 is 9.21 Å². The van der Waals surface area contributed by atoms with Crippen LogP contribution < -0.4 is 0 Å². The summed E-state index contributed by atoms with van der Waals surface area (Å²) in [4.78, 5) is 19.6. The van der Waals surface area contributed by atoms with Crippen LogP contribution in [-0.2, 0) is 17.8 Å². The fourth-order valence-electron chi connectivity index (χ4n) is 3.45. The molecular weight excluding hydrogens is 444 g/mol. The minimum Gasteiger partial charge on any atom is -0.419 e. The van der Waals surface area contributed by atoms with Crippen molar-refractivity contribution in [1.82, 2.24) is 20.1 Å². The molecule has 162 valence electrons. The summed E-state index contributed by atoms with van der Waals surface area (Å²) in [7, 11) is 0. The first-order valence-electron chi connectivity index (χ1n) is 10.4. The van der Waals surface area contributed by atoms with E-state index in [0.29, 0.717) is 23.3 Å². The Labute approximate surface area is 194 Å². The van der Waals surface area contributed by atoms with Gasteiger partial charge in [-0.05, 0) is 44.0 Å². The first kappa shape index (κ1) is 20.8. The Morgan fingerprint density at radius 2 is 1.81 bits per heavy atom. The number of thiazole rings is 1. The van der Waals surface area contributed by atoms with Gasteiger partial charge in [-0.25, -0.2) is 4.98 Å². The van der Waals surface area contributed by atoms with Crippen LogP contribution in [0.1, 0.15) is 30.0 Å². The fraction of sp³-hybridized carbons (Fsp3) is 0.250. The predicted molar refractivity (Wildman–Crippen MR) is 124 cm³/mol. The average Bonchev–Trinajstić information content (AvgIpc) is 3.34. The summed E-state index contributed by atoms with van der Waals surface area (Å²) in [5, 5.41) is 11.8. The lowest BCUT2D eigenvalue weighted by molar-refractivity contribution is -0.132. The lowest BCUT2D eigenvalue weighted by Gasteiger charge is -2.20. The second-order valence-corrected chi connectivity index (χ2v) is 9.24. The summed E-state index contributed by atoms with van der Waals surface area (Å²) in [6.45, 7) is 2.36. The molecule has 0 N–H and O–H groups in total. The van der Waals surface area contributed by atoms with Crippen LogP contribution in [0.25, 0.3) is 22.0 Å². The van der Waals surface area contributed by atoms with Crippen molar-refractivity contribution >= 4 is 28.8 Å². The number of aryl methyl sites for hydroxylation is 1. The third-order valence-corrected chi connectivity index (χ3v) is 6.55. The summed E-state index contributed by atoms with van der Waals surface area (Å²) < 4.78 is 5.82. The van der Waals surface area contributed by atoms with Crippen LogP contribution >= 0.6 is 22.9 Å². The minimum absolute atomic E-state index is 0.0273. The Morgan fingerprint density at radius 3 is 2.53 bits per heavy atom. The van der Waals surface area contributed by atoms with Crippen molar-refractivity contribution in [2.75, 3.05) is 0 Å². The molecule has 0 spiro atoms. The van der Waals surface area contributed by atoms with Gasteiger partial charge in [0.05, 0.1) is 18.7 Å². The highest BCUT2D eigenvalue weighted by molar-refractivity contribution is 7.13. The van der Waals surface area contributed by atoms with Crippen molar-refractivity contribution in [1.29, 1.82) is 0 Å². The molecule has 0 unspecified atom stereocenters. The molecular formula is C24H21ClN4O2S. The van der Waals surface area contributed by atoms with Crippen LogP contribution in [0, 0.1) is 6.92 Å². The quantitative estimate of drug-likeness (QED) is 0.358. The number of benzene rings is 2. The Kier molecular flexibility index (Phi) is 5.76. The smallest absolute Gasteiger partial charge is 0.247 e. The highest BCUT2D eigenvalue weighted by Crippen LogP contribution is 2.30. The predicted octanol–water partition coefficient (Wildman–Crippen LogP) is 5.56. The van der Waals surface area contributed by atoms with Gasteiger partial charge in [0.15, 0.2) is 0 Å². The molecule has 0 atom stereocenters. The van der Waals surface area contributed by atoms with Crippen LogP contribution in [0.4, 0.5) is 0 Å². The normalized spacial score (nSPS) is 13.3. The second kappa shape index (κ2) is 8.84. The number of carbonyl (C=O) groups excluding carboxylic acids is 1. The van der Waals surface area contributed by atoms with Gasteiger partial charge in [0.2, 0.25) is 17.7 Å². The number of nitrogens with zero attached hydrogens (tertiary/aromatic N) is 4. The summed E-state index contributed by atoms with van der Waals surface area (Å²) in [5.74, 6) is 0.871. The molecule has 4 aromatic rings. The maximum absolute atomic E-state index is 13.1. The van der Waals surface area contributed by atoms with E-state index in [1.165, 1.54) is 5.56 Å². The Bertz CT molecular complexity index is 1230. The van der Waals surface area contributed by atoms with Crippen molar-refractivity contribution in [2.24, 2.45) is 0 Å². The fourth-order valence-corrected chi connectivity index (χ4v) is 4.40. The van der Waals surface area contributed by atoms with E-state index < -0.39 is 0 Å². The van der Waals surface area contributed by atoms with Gasteiger partial charge in [-0.2, -0.15) is 0 Å². The van der Waals surface area contributed by atoms with Crippen LogP contribution in [0.5, 0.6) is 0 Å². The van der Waals surface area contributed by atoms with Gasteiger partial charge < -0.3 is 9.32 Å². The molecule has 0 saturated heterocycles. The molecule has 1 saturated carbocycles. The molecule has 0 aliphatic heterocycles. The van der Waals surface area contributed by atoms with Crippen molar-refractivity contribution in [3.8, 4) is 22.0 Å². The Morgan fingerprint density at radius 1 is 1.09 bits per heavy atom. The molecule has 2 heterocycles. The number of amides is 1. The van der Waals surface area contributed by atoms with E-state index in [-0.39, 0.29) is 18.4 Å². The molecule has 6 nitrogen and oxygen atoms in total. The molecule has 0 radical (unpaired) electrons. The minimum atomic E-state index is 0.0273. The third-order valence-electron chi connectivity index (χ3n) is 5.35. The lowest BCUT2D eigenvalue weighted by atomic mass is 10.2. The zero-order chi connectivity index (χ0) is 22.1. The van der Waals surface area contributed by atoms with E-state index in [0.717, 1.165) is 34.7 Å². The average molecular weight is 465 g/mol. The molecule has 8 heteroatoms. The Balaban J connectivity index is 1.27. The molecule has 0 bridgehead atoms. The maximum atomic E-state index is 13.1. The van der Waals surface area contributed by atoms with Crippen molar-refractivity contribution in [3.05, 3.63) is 76.1 Å². The van der Waals surface area contributed by atoms with Gasteiger partial charge in [-0.1, -0.05) is 41.4 Å². The van der Waals surface area contributed by atoms with Crippen LogP contribution in [-0.4, -0.2) is 32.0 Å². The number of halogens is 1. The topological polar surface area (TPSA) is 72.1 Å². The van der Waals surface area contributed by atoms with Gasteiger partial charge in [-0.15, -0.1) is 21.5 Å². The molecule has 5 rings (SSSR count). The standard InChI is InChI=1S/C24H21ClN4O2S/c1-15-2-4-17(5-3-15)24-26-19(14-32-24)12-22(30)29(20-10-11-20)13-21-27-28-23(31-21)16-6-8-18(25)9-7-16/h2-9,14,20H,10-13H2,1H3. The molecule has 32 heavy (non-hydrogen) atoms. The molecule has 1 aliphatic carbocycles. The van der Waals surface area contributed by atoms with E-state index in [1.807, 2.05) is 22.4 Å². The SMILES string of the molecule is Cc1ccc(-c2nc(CC(=O)N(Cc3nnc(-c4ccc(Cl)cc4)o3)C3CC3)cs2)cc1. The van der Waals surface area contributed by atoms with Crippen LogP contribution in [0.3, 0.4) is 0 Å². The maximum Gasteiger partial charge on any atom is 0.247 e. The van der Waals surface area contributed by atoms with Gasteiger partial charge in [0.1, 0.15) is 5.01 Å². The second-order valence-electron chi connectivity index (χ2n) is 7.95. The van der Waals surface area contributed by atoms with E-state index in [4.69, 9.17) is 16.0 Å². The van der Waals surface area contributed by atoms with Gasteiger partial charge in [0, 0.05) is 27.6 Å². The molecule has 2 aromatic heterocycles. The molecule has 2 aromatic carbocycles. The number of aromatic nitrogens is 3. The number of hydrogen-bond acceptors (Lipinski definition) is 6. The number of carbonyl (C=O) groups is 1. The van der Waals surface area contributed by atoms with Gasteiger partial charge in [-0.3, -0.25) is 4.79 Å². The highest BCUT2D eigenvalue weighted by Gasteiger charge is 2.34. The first-order valence-corrected chi connectivity index (χ1v) is 11.7. The zero-order valence-electron chi connectivity index (χ0n) is 17.5. The highest BCUT2D eigenvalue weighted by atomic mass is 35.5. The summed E-state index contributed by atoms with van der Waals surface area (Å²) >= 11 is 7.50. The zero-order valence-corrected chi connectivity index (χ0v) is 19.1. The largest absolute Gasteiger partial charge is 0.419 e. The van der Waals surface area contributed by atoms with Crippen LogP contribution in [0.2, 0.25) is 5.02 Å². The van der Waals surface area contributed by atoms with Crippen LogP contribution in [0.15, 0.2) is 58.3 Å². The molecule has 1 amide bonds. The Hall–Kier alpha value is -3.03. The van der Waals surface area contributed by atoms with Crippen molar-refractivity contribution in [2.45, 2.75) is 38.8 Å². The third kappa shape index (κ3) is 4.74. The van der Waals surface area contributed by atoms with E-state index in [1.54, 1.807) is 23.5 Å².